The molecule has 7 saturated heterocycles. The molecule has 0 saturated carbocycles. The number of hydrogen-bond donors (Lipinski definition) is 1. The van der Waals surface area contributed by atoms with Gasteiger partial charge in [0, 0.05) is 94.3 Å². The fourth-order valence-corrected chi connectivity index (χ4v) is 12.3. The number of fused-ring (bicyclic) bond motifs is 1. The van der Waals surface area contributed by atoms with E-state index in [9.17, 15) is 28.8 Å². The van der Waals surface area contributed by atoms with Crippen LogP contribution in [0.2, 0.25) is 0 Å². The maximum Gasteiger partial charge on any atom is 0.259 e. The maximum atomic E-state index is 13.3. The summed E-state index contributed by atoms with van der Waals surface area (Å²) in [5.41, 5.74) is 2.53. The summed E-state index contributed by atoms with van der Waals surface area (Å²) in [7, 11) is 0. The van der Waals surface area contributed by atoms with Crippen LogP contribution in [-0.2, 0) is 24.0 Å². The highest BCUT2D eigenvalue weighted by molar-refractivity contribution is 6.11. The Hall–Kier alpha value is -4.66. The summed E-state index contributed by atoms with van der Waals surface area (Å²) in [6, 6.07) is 19.2. The van der Waals surface area contributed by atoms with Gasteiger partial charge in [-0.15, -0.1) is 0 Å². The standard InChI is InChI=1S/C26H31N3O2.C16H25N3O3.C12H22N2O/c30-25(28-17-13-20(14-18-28)27-15-7-2-8-16-27)19-24-22-11-5-6-12-23(22)26(31)29(24)21-9-3-1-4-10-21;20-14-9-12(10-15(21)17-14)11-16(22)19-7-3-13(4-8-19)18-5-1-2-6-18;1-2-12(15)14-9-5-11(6-10-14)13-7-3-4-8-13/h1,3-6,9-12,20,24H,2,7-8,13-19H2;12-13H,1-11H2,(H,17,20,21);11H,2-10H2,1H3. The van der Waals surface area contributed by atoms with E-state index in [4.69, 9.17) is 0 Å². The summed E-state index contributed by atoms with van der Waals surface area (Å²) < 4.78 is 0. The Kier molecular flexibility index (Phi) is 17.7. The number of benzene rings is 2. The van der Waals surface area contributed by atoms with E-state index in [1.54, 1.807) is 0 Å². The van der Waals surface area contributed by atoms with Crippen LogP contribution >= 0.6 is 0 Å². The summed E-state index contributed by atoms with van der Waals surface area (Å²) in [4.78, 5) is 88.7. The van der Waals surface area contributed by atoms with Gasteiger partial charge in [-0.3, -0.25) is 34.1 Å². The van der Waals surface area contributed by atoms with Gasteiger partial charge in [0.15, 0.2) is 0 Å². The van der Waals surface area contributed by atoms with Crippen LogP contribution in [0.4, 0.5) is 5.69 Å². The average Bonchev–Trinajstić information content (AvgIpc) is 4.18. The largest absolute Gasteiger partial charge is 0.343 e. The Bertz CT molecular complexity index is 1990. The molecule has 1 unspecified atom stereocenters. The van der Waals surface area contributed by atoms with E-state index in [-0.39, 0.29) is 41.5 Å². The van der Waals surface area contributed by atoms with E-state index in [0.29, 0.717) is 55.7 Å². The molecule has 10 rings (SSSR count). The van der Waals surface area contributed by atoms with Crippen LogP contribution in [0.3, 0.4) is 0 Å². The van der Waals surface area contributed by atoms with Crippen molar-refractivity contribution in [2.24, 2.45) is 5.92 Å². The van der Waals surface area contributed by atoms with Crippen molar-refractivity contribution >= 4 is 41.1 Å². The number of carbonyl (C=O) groups is 6. The molecule has 6 amide bonds. The average molecular weight is 935 g/mol. The Balaban J connectivity index is 0.000000147. The van der Waals surface area contributed by atoms with Crippen LogP contribution in [0.15, 0.2) is 54.6 Å². The van der Waals surface area contributed by atoms with Gasteiger partial charge >= 0.3 is 0 Å². The van der Waals surface area contributed by atoms with Crippen LogP contribution in [-0.4, -0.2) is 162 Å². The second-order valence-electron chi connectivity index (χ2n) is 20.5. The number of piperidine rings is 5. The molecule has 14 nitrogen and oxygen atoms in total. The molecule has 8 aliphatic rings. The molecule has 7 fully saturated rings. The lowest BCUT2D eigenvalue weighted by Gasteiger charge is -2.40. The number of imide groups is 1. The molecule has 0 spiro atoms. The summed E-state index contributed by atoms with van der Waals surface area (Å²) in [5.74, 6) is -0.0354. The van der Waals surface area contributed by atoms with E-state index < -0.39 is 0 Å². The summed E-state index contributed by atoms with van der Waals surface area (Å²) in [5, 5.41) is 2.29. The Morgan fingerprint density at radius 3 is 1.38 bits per heavy atom. The molecule has 8 aliphatic heterocycles. The fraction of sp³-hybridized carbons (Fsp3) is 0.667. The van der Waals surface area contributed by atoms with Gasteiger partial charge in [-0.2, -0.15) is 0 Å². The quantitative estimate of drug-likeness (QED) is 0.290. The van der Waals surface area contributed by atoms with Crippen molar-refractivity contribution in [3.63, 3.8) is 0 Å². The number of nitrogens with zero attached hydrogens (tertiary/aromatic N) is 7. The SMILES string of the molecule is CCC(=O)N1CCC(N2CCCC2)CC1.O=C(CC1c2ccccc2C(=O)N1c1ccccc1)N1CCC(N2CCCCC2)CC1.O=C1CC(CC(=O)N2CCC(N3CCCC3)CC2)CC(=O)N1. The van der Waals surface area contributed by atoms with Gasteiger partial charge in [-0.25, -0.2) is 0 Å². The van der Waals surface area contributed by atoms with Crippen LogP contribution in [0.5, 0.6) is 0 Å². The predicted octanol–water partition coefficient (Wildman–Crippen LogP) is 6.25. The highest BCUT2D eigenvalue weighted by atomic mass is 16.2. The molecule has 1 atom stereocenters. The molecular formula is C54H78N8O6. The number of amides is 6. The van der Waals surface area contributed by atoms with E-state index in [2.05, 4.69) is 20.0 Å². The molecule has 68 heavy (non-hydrogen) atoms. The van der Waals surface area contributed by atoms with Crippen LogP contribution in [0.25, 0.3) is 0 Å². The van der Waals surface area contributed by atoms with Gasteiger partial charge in [0.25, 0.3) is 5.91 Å². The minimum atomic E-state index is -0.248. The molecule has 370 valence electrons. The zero-order valence-corrected chi connectivity index (χ0v) is 40.9. The fourth-order valence-electron chi connectivity index (χ4n) is 12.3. The molecule has 0 bridgehead atoms. The van der Waals surface area contributed by atoms with Crippen molar-refractivity contribution in [3.05, 3.63) is 65.7 Å². The molecule has 14 heteroatoms. The van der Waals surface area contributed by atoms with Crippen LogP contribution in [0, 0.1) is 5.92 Å². The van der Waals surface area contributed by atoms with Gasteiger partial charge in [0.05, 0.1) is 12.5 Å². The van der Waals surface area contributed by atoms with Crippen LogP contribution < -0.4 is 10.2 Å². The van der Waals surface area contributed by atoms with Gasteiger partial charge in [0.1, 0.15) is 0 Å². The van der Waals surface area contributed by atoms with Crippen molar-refractivity contribution < 1.29 is 28.8 Å². The summed E-state index contributed by atoms with van der Waals surface area (Å²) >= 11 is 0. The molecular weight excluding hydrogens is 857 g/mol. The third kappa shape index (κ3) is 12.8. The number of likely N-dealkylation sites (tertiary alicyclic amines) is 6. The topological polar surface area (TPSA) is 137 Å². The number of rotatable bonds is 9. The maximum absolute atomic E-state index is 13.3. The summed E-state index contributed by atoms with van der Waals surface area (Å²) in [6.07, 6.45) is 17.8. The Labute approximate surface area is 405 Å². The second kappa shape index (κ2) is 24.3. The van der Waals surface area contributed by atoms with Crippen molar-refractivity contribution in [2.45, 2.75) is 147 Å². The molecule has 2 aromatic carbocycles. The van der Waals surface area contributed by atoms with E-state index in [1.165, 1.54) is 97.1 Å². The molecule has 2 aromatic rings. The Morgan fingerprint density at radius 2 is 0.912 bits per heavy atom. The van der Waals surface area contributed by atoms with Gasteiger partial charge in [0.2, 0.25) is 29.5 Å². The van der Waals surface area contributed by atoms with Gasteiger partial charge in [-0.1, -0.05) is 49.7 Å². The smallest absolute Gasteiger partial charge is 0.259 e. The van der Waals surface area contributed by atoms with Crippen molar-refractivity contribution in [3.8, 4) is 0 Å². The van der Waals surface area contributed by atoms with Gasteiger partial charge < -0.3 is 34.3 Å². The highest BCUT2D eigenvalue weighted by Crippen LogP contribution is 2.40. The molecule has 1 N–H and O–H groups in total. The van der Waals surface area contributed by atoms with Crippen molar-refractivity contribution in [1.29, 1.82) is 0 Å². The number of carbonyl (C=O) groups excluding carboxylic acids is 6. The number of para-hydroxylation sites is 1. The predicted molar refractivity (Wildman–Crippen MR) is 264 cm³/mol. The number of hydrogen-bond acceptors (Lipinski definition) is 9. The molecule has 8 heterocycles. The van der Waals surface area contributed by atoms with E-state index in [0.717, 1.165) is 82.2 Å². The normalized spacial score (nSPS) is 24.0. The van der Waals surface area contributed by atoms with Crippen LogP contribution in [0.1, 0.15) is 144 Å². The first-order chi connectivity index (χ1) is 33.1. The van der Waals surface area contributed by atoms with Crippen molar-refractivity contribution in [1.82, 2.24) is 34.7 Å². The number of nitrogens with one attached hydrogen (secondary N) is 1. The van der Waals surface area contributed by atoms with E-state index in [1.807, 2.05) is 81.1 Å². The molecule has 0 radical (unpaired) electrons. The first kappa shape index (κ1) is 49.8. The second-order valence-corrected chi connectivity index (χ2v) is 20.5. The monoisotopic (exact) mass is 935 g/mol. The zero-order valence-electron chi connectivity index (χ0n) is 40.9. The highest BCUT2D eigenvalue weighted by Gasteiger charge is 2.40. The minimum absolute atomic E-state index is 0.0107. The lowest BCUT2D eigenvalue weighted by atomic mass is 9.92. The zero-order chi connectivity index (χ0) is 47.4. The lowest BCUT2D eigenvalue weighted by Crippen LogP contribution is -2.48. The third-order valence-corrected chi connectivity index (χ3v) is 16.1. The molecule has 0 aromatic heterocycles. The minimum Gasteiger partial charge on any atom is -0.343 e. The third-order valence-electron chi connectivity index (χ3n) is 16.1. The Morgan fingerprint density at radius 1 is 0.500 bits per heavy atom. The lowest BCUT2D eigenvalue weighted by molar-refractivity contribution is -0.138. The first-order valence-corrected chi connectivity index (χ1v) is 26.5. The molecule has 0 aliphatic carbocycles. The van der Waals surface area contributed by atoms with E-state index >= 15 is 0 Å². The van der Waals surface area contributed by atoms with Crippen molar-refractivity contribution in [2.75, 3.05) is 83.4 Å². The summed E-state index contributed by atoms with van der Waals surface area (Å²) in [6.45, 7) is 14.6. The first-order valence-electron chi connectivity index (χ1n) is 26.5. The van der Waals surface area contributed by atoms with Gasteiger partial charge in [-0.05, 0) is 146 Å². The number of anilines is 1.